The lowest BCUT2D eigenvalue weighted by Gasteiger charge is -2.36. The molecule has 0 bridgehead atoms. The Balaban J connectivity index is 1.67. The molecule has 3 unspecified atom stereocenters. The van der Waals surface area contributed by atoms with E-state index in [1.54, 1.807) is 11.8 Å². The van der Waals surface area contributed by atoms with Crippen molar-refractivity contribution in [2.45, 2.75) is 36.0 Å². The van der Waals surface area contributed by atoms with Gasteiger partial charge in [-0.2, -0.15) is 0 Å². The maximum atomic E-state index is 12.6. The first kappa shape index (κ1) is 13.0. The summed E-state index contributed by atoms with van der Waals surface area (Å²) in [6.45, 7) is 3.77. The summed E-state index contributed by atoms with van der Waals surface area (Å²) in [5, 5.41) is 0.0684. The molecule has 0 radical (unpaired) electrons. The summed E-state index contributed by atoms with van der Waals surface area (Å²) in [5.74, 6) is 0.700. The number of benzene rings is 1. The van der Waals surface area contributed by atoms with E-state index in [9.17, 15) is 4.79 Å². The Kier molecular flexibility index (Phi) is 3.54. The predicted octanol–water partition coefficient (Wildman–Crippen LogP) is 1.90. The number of likely N-dealkylation sites (tertiary alicyclic amines) is 1. The molecule has 4 heteroatoms. The maximum Gasteiger partial charge on any atom is 0.236 e. The number of nitrogens with zero attached hydrogens (tertiary/aromatic N) is 1. The standard InChI is InChI=1S/C15H20N2OS/c1-10-9-17(7-6-12(10)16)15(18)14-8-11-4-2-3-5-13(11)19-14/h2-5,10,12,14H,6-9,16H2,1H3. The number of thioether (sulfide) groups is 1. The van der Waals surface area contributed by atoms with Gasteiger partial charge in [0.2, 0.25) is 5.91 Å². The van der Waals surface area contributed by atoms with Crippen molar-refractivity contribution in [2.75, 3.05) is 13.1 Å². The van der Waals surface area contributed by atoms with E-state index in [1.807, 2.05) is 17.0 Å². The first-order valence-corrected chi connectivity index (χ1v) is 7.82. The number of carbonyl (C=O) groups is 1. The minimum Gasteiger partial charge on any atom is -0.341 e. The zero-order chi connectivity index (χ0) is 13.4. The van der Waals surface area contributed by atoms with E-state index < -0.39 is 0 Å². The SMILES string of the molecule is CC1CN(C(=O)C2Cc3ccccc3S2)CCC1N. The minimum absolute atomic E-state index is 0.0684. The number of fused-ring (bicyclic) bond motifs is 1. The molecule has 3 atom stereocenters. The van der Waals surface area contributed by atoms with Crippen LogP contribution in [-0.2, 0) is 11.2 Å². The van der Waals surface area contributed by atoms with Crippen LogP contribution in [0.3, 0.4) is 0 Å². The van der Waals surface area contributed by atoms with E-state index in [4.69, 9.17) is 5.73 Å². The Labute approximate surface area is 118 Å². The van der Waals surface area contributed by atoms with Crippen LogP contribution >= 0.6 is 11.8 Å². The van der Waals surface area contributed by atoms with Gasteiger partial charge in [0.25, 0.3) is 0 Å². The molecule has 1 amide bonds. The number of hydrogen-bond donors (Lipinski definition) is 1. The van der Waals surface area contributed by atoms with Crippen LogP contribution in [0.5, 0.6) is 0 Å². The lowest BCUT2D eigenvalue weighted by atomic mass is 9.94. The summed E-state index contributed by atoms with van der Waals surface area (Å²) in [5.41, 5.74) is 7.33. The summed E-state index contributed by atoms with van der Waals surface area (Å²) >= 11 is 1.72. The highest BCUT2D eigenvalue weighted by Gasteiger charge is 2.34. The van der Waals surface area contributed by atoms with Crippen molar-refractivity contribution in [3.63, 3.8) is 0 Å². The van der Waals surface area contributed by atoms with Gasteiger partial charge in [-0.1, -0.05) is 25.1 Å². The second kappa shape index (κ2) is 5.17. The Hall–Kier alpha value is -1.00. The molecule has 0 aliphatic carbocycles. The van der Waals surface area contributed by atoms with E-state index in [-0.39, 0.29) is 11.3 Å². The maximum absolute atomic E-state index is 12.6. The van der Waals surface area contributed by atoms with Crippen LogP contribution in [0, 0.1) is 5.92 Å². The second-order valence-corrected chi connectivity index (χ2v) is 6.88. The van der Waals surface area contributed by atoms with Crippen molar-refractivity contribution >= 4 is 17.7 Å². The molecule has 1 saturated heterocycles. The van der Waals surface area contributed by atoms with Gasteiger partial charge in [0.1, 0.15) is 0 Å². The quantitative estimate of drug-likeness (QED) is 0.852. The van der Waals surface area contributed by atoms with Crippen molar-refractivity contribution < 1.29 is 4.79 Å². The molecule has 2 heterocycles. The molecule has 19 heavy (non-hydrogen) atoms. The molecule has 1 aromatic rings. The molecular weight excluding hydrogens is 256 g/mol. The average molecular weight is 276 g/mol. The normalized spacial score (nSPS) is 30.2. The van der Waals surface area contributed by atoms with Gasteiger partial charge in [0, 0.05) is 24.0 Å². The van der Waals surface area contributed by atoms with Crippen LogP contribution in [0.2, 0.25) is 0 Å². The molecule has 1 aromatic carbocycles. The predicted molar refractivity (Wildman–Crippen MR) is 78.1 cm³/mol. The molecule has 2 aliphatic heterocycles. The second-order valence-electron chi connectivity index (χ2n) is 5.63. The van der Waals surface area contributed by atoms with Gasteiger partial charge in [-0.05, 0) is 30.4 Å². The van der Waals surface area contributed by atoms with E-state index >= 15 is 0 Å². The summed E-state index contributed by atoms with van der Waals surface area (Å²) in [6.07, 6.45) is 1.80. The molecule has 0 saturated carbocycles. The van der Waals surface area contributed by atoms with Crippen molar-refractivity contribution in [3.8, 4) is 0 Å². The van der Waals surface area contributed by atoms with Gasteiger partial charge >= 0.3 is 0 Å². The fraction of sp³-hybridized carbons (Fsp3) is 0.533. The smallest absolute Gasteiger partial charge is 0.236 e. The number of piperidine rings is 1. The lowest BCUT2D eigenvalue weighted by molar-refractivity contribution is -0.132. The van der Waals surface area contributed by atoms with Crippen LogP contribution in [-0.4, -0.2) is 35.2 Å². The van der Waals surface area contributed by atoms with E-state index in [0.29, 0.717) is 11.8 Å². The Morgan fingerprint density at radius 3 is 2.95 bits per heavy atom. The van der Waals surface area contributed by atoms with E-state index in [2.05, 4.69) is 19.1 Å². The summed E-state index contributed by atoms with van der Waals surface area (Å²) in [7, 11) is 0. The van der Waals surface area contributed by atoms with Gasteiger partial charge in [-0.25, -0.2) is 0 Å². The van der Waals surface area contributed by atoms with Crippen LogP contribution in [0.1, 0.15) is 18.9 Å². The molecule has 3 nitrogen and oxygen atoms in total. The van der Waals surface area contributed by atoms with Crippen molar-refractivity contribution in [3.05, 3.63) is 29.8 Å². The van der Waals surface area contributed by atoms with Crippen molar-refractivity contribution in [2.24, 2.45) is 11.7 Å². The largest absolute Gasteiger partial charge is 0.341 e. The van der Waals surface area contributed by atoms with Gasteiger partial charge < -0.3 is 10.6 Å². The molecule has 1 fully saturated rings. The summed E-state index contributed by atoms with van der Waals surface area (Å²) in [4.78, 5) is 15.9. The van der Waals surface area contributed by atoms with Gasteiger partial charge in [0.15, 0.2) is 0 Å². The van der Waals surface area contributed by atoms with Crippen molar-refractivity contribution in [1.82, 2.24) is 4.90 Å². The van der Waals surface area contributed by atoms with Gasteiger partial charge in [0.05, 0.1) is 5.25 Å². The summed E-state index contributed by atoms with van der Waals surface area (Å²) in [6, 6.07) is 8.58. The zero-order valence-corrected chi connectivity index (χ0v) is 12.0. The van der Waals surface area contributed by atoms with Crippen molar-refractivity contribution in [1.29, 1.82) is 0 Å². The van der Waals surface area contributed by atoms with Crippen LogP contribution in [0.25, 0.3) is 0 Å². The average Bonchev–Trinajstić information content (AvgIpc) is 2.85. The first-order valence-electron chi connectivity index (χ1n) is 6.94. The highest BCUT2D eigenvalue weighted by Crippen LogP contribution is 2.38. The Morgan fingerprint density at radius 1 is 1.42 bits per heavy atom. The monoisotopic (exact) mass is 276 g/mol. The molecule has 0 spiro atoms. The van der Waals surface area contributed by atoms with Crippen LogP contribution < -0.4 is 5.73 Å². The molecule has 102 valence electrons. The number of hydrogen-bond acceptors (Lipinski definition) is 3. The first-order chi connectivity index (χ1) is 9.15. The van der Waals surface area contributed by atoms with Crippen LogP contribution in [0.15, 0.2) is 29.2 Å². The number of carbonyl (C=O) groups excluding carboxylic acids is 1. The minimum atomic E-state index is 0.0684. The van der Waals surface area contributed by atoms with Crippen LogP contribution in [0.4, 0.5) is 0 Å². The van der Waals surface area contributed by atoms with E-state index in [1.165, 1.54) is 10.5 Å². The van der Waals surface area contributed by atoms with E-state index in [0.717, 1.165) is 25.9 Å². The molecular formula is C15H20N2OS. The molecule has 3 rings (SSSR count). The lowest BCUT2D eigenvalue weighted by Crippen LogP contribution is -2.50. The zero-order valence-electron chi connectivity index (χ0n) is 11.2. The third kappa shape index (κ3) is 2.51. The van der Waals surface area contributed by atoms with Gasteiger partial charge in [-0.3, -0.25) is 4.79 Å². The third-order valence-electron chi connectivity index (χ3n) is 4.21. The molecule has 2 aliphatic rings. The van der Waals surface area contributed by atoms with Gasteiger partial charge in [-0.15, -0.1) is 11.8 Å². The fourth-order valence-electron chi connectivity index (χ4n) is 2.89. The summed E-state index contributed by atoms with van der Waals surface area (Å²) < 4.78 is 0. The number of nitrogens with two attached hydrogens (primary N) is 1. The topological polar surface area (TPSA) is 46.3 Å². The molecule has 0 aromatic heterocycles. The highest BCUT2D eigenvalue weighted by molar-refractivity contribution is 8.01. The third-order valence-corrected chi connectivity index (χ3v) is 5.51. The number of rotatable bonds is 1. The number of amides is 1. The molecule has 2 N–H and O–H groups in total. The fourth-order valence-corrected chi connectivity index (χ4v) is 4.17. The highest BCUT2D eigenvalue weighted by atomic mass is 32.2. The Morgan fingerprint density at radius 2 is 2.21 bits per heavy atom. The Bertz CT molecular complexity index is 466.